The number of ether oxygens (including phenoxy) is 1. The summed E-state index contributed by atoms with van der Waals surface area (Å²) in [5.41, 5.74) is 1.92. The molecule has 0 radical (unpaired) electrons. The summed E-state index contributed by atoms with van der Waals surface area (Å²) in [6.07, 6.45) is 2.91. The molecule has 4 rings (SSSR count). The summed E-state index contributed by atoms with van der Waals surface area (Å²) >= 11 is 5.84. The Bertz CT molecular complexity index is 940. The molecule has 2 amide bonds. The van der Waals surface area contributed by atoms with E-state index in [1.165, 1.54) is 6.20 Å². The SMILES string of the molecule is CC(C(=O)Nc1ccc(N2CCOCC2)cc1)N1CCC(C(=O)Nc2ccc(Cl)cn2)CC1. The largest absolute Gasteiger partial charge is 0.378 e. The second-order valence-corrected chi connectivity index (χ2v) is 8.91. The van der Waals surface area contributed by atoms with Crippen LogP contribution in [0.3, 0.4) is 0 Å². The van der Waals surface area contributed by atoms with Crippen molar-refractivity contribution in [1.29, 1.82) is 0 Å². The monoisotopic (exact) mass is 471 g/mol. The molecule has 0 aliphatic carbocycles. The second-order valence-electron chi connectivity index (χ2n) is 8.47. The zero-order chi connectivity index (χ0) is 23.2. The number of hydrogen-bond acceptors (Lipinski definition) is 6. The first kappa shape index (κ1) is 23.5. The van der Waals surface area contributed by atoms with Crippen molar-refractivity contribution in [2.24, 2.45) is 5.92 Å². The summed E-state index contributed by atoms with van der Waals surface area (Å²) in [7, 11) is 0. The summed E-state index contributed by atoms with van der Waals surface area (Å²) in [6, 6.07) is 11.1. The van der Waals surface area contributed by atoms with Crippen molar-refractivity contribution < 1.29 is 14.3 Å². The van der Waals surface area contributed by atoms with Gasteiger partial charge in [-0.15, -0.1) is 0 Å². The number of amides is 2. The fraction of sp³-hybridized carbons (Fsp3) is 0.458. The van der Waals surface area contributed by atoms with Crippen LogP contribution in [0.5, 0.6) is 0 Å². The third-order valence-corrected chi connectivity index (χ3v) is 6.54. The average Bonchev–Trinajstić information content (AvgIpc) is 2.86. The van der Waals surface area contributed by atoms with E-state index in [1.54, 1.807) is 12.1 Å². The maximum absolute atomic E-state index is 12.8. The van der Waals surface area contributed by atoms with E-state index in [9.17, 15) is 9.59 Å². The molecule has 1 aromatic heterocycles. The highest BCUT2D eigenvalue weighted by molar-refractivity contribution is 6.30. The number of piperidine rings is 1. The first-order valence-electron chi connectivity index (χ1n) is 11.4. The average molecular weight is 472 g/mol. The van der Waals surface area contributed by atoms with Crippen LogP contribution in [-0.2, 0) is 14.3 Å². The third-order valence-electron chi connectivity index (χ3n) is 6.32. The standard InChI is InChI=1S/C24H30ClN5O3/c1-17(23(31)27-20-3-5-21(6-4-20)30-12-14-33-15-13-30)29-10-8-18(9-11-29)24(32)28-22-7-2-19(25)16-26-22/h2-7,16-18H,8-15H2,1H3,(H,27,31)(H,26,28,32). The van der Waals surface area contributed by atoms with Crippen LogP contribution in [0.2, 0.25) is 5.02 Å². The molecular formula is C24H30ClN5O3. The number of hydrogen-bond donors (Lipinski definition) is 2. The predicted molar refractivity (Wildman–Crippen MR) is 130 cm³/mol. The molecule has 1 aromatic carbocycles. The fourth-order valence-corrected chi connectivity index (χ4v) is 4.33. The lowest BCUT2D eigenvalue weighted by molar-refractivity contribution is -0.123. The van der Waals surface area contributed by atoms with Crippen LogP contribution in [0, 0.1) is 5.92 Å². The van der Waals surface area contributed by atoms with E-state index >= 15 is 0 Å². The van der Waals surface area contributed by atoms with E-state index < -0.39 is 0 Å². The molecular weight excluding hydrogens is 442 g/mol. The molecule has 2 aromatic rings. The molecule has 8 nitrogen and oxygen atoms in total. The molecule has 3 heterocycles. The van der Waals surface area contributed by atoms with E-state index in [4.69, 9.17) is 16.3 Å². The van der Waals surface area contributed by atoms with Gasteiger partial charge in [0.05, 0.1) is 24.3 Å². The Morgan fingerprint density at radius 3 is 2.36 bits per heavy atom. The molecule has 2 aliphatic rings. The summed E-state index contributed by atoms with van der Waals surface area (Å²) in [4.78, 5) is 33.9. The molecule has 9 heteroatoms. The molecule has 176 valence electrons. The zero-order valence-corrected chi connectivity index (χ0v) is 19.6. The molecule has 2 N–H and O–H groups in total. The number of carbonyl (C=O) groups is 2. The predicted octanol–water partition coefficient (Wildman–Crippen LogP) is 3.25. The number of aromatic nitrogens is 1. The van der Waals surface area contributed by atoms with Gasteiger partial charge in [-0.1, -0.05) is 11.6 Å². The van der Waals surface area contributed by atoms with Crippen LogP contribution in [0.1, 0.15) is 19.8 Å². The molecule has 2 aliphatic heterocycles. The topological polar surface area (TPSA) is 86.8 Å². The Kier molecular flexibility index (Phi) is 7.80. The minimum atomic E-state index is -0.272. The Balaban J connectivity index is 1.24. The number of carbonyl (C=O) groups excluding carboxylic acids is 2. The number of halogens is 1. The van der Waals surface area contributed by atoms with Crippen molar-refractivity contribution in [2.45, 2.75) is 25.8 Å². The van der Waals surface area contributed by atoms with Crippen molar-refractivity contribution in [3.05, 3.63) is 47.6 Å². The smallest absolute Gasteiger partial charge is 0.241 e. The van der Waals surface area contributed by atoms with Crippen molar-refractivity contribution in [3.63, 3.8) is 0 Å². The van der Waals surface area contributed by atoms with Crippen LogP contribution in [0.25, 0.3) is 0 Å². The number of morpholine rings is 1. The van der Waals surface area contributed by atoms with Gasteiger partial charge in [-0.2, -0.15) is 0 Å². The van der Waals surface area contributed by atoms with Gasteiger partial charge in [0.25, 0.3) is 0 Å². The Hall–Kier alpha value is -2.68. The number of benzene rings is 1. The molecule has 33 heavy (non-hydrogen) atoms. The van der Waals surface area contributed by atoms with E-state index in [0.717, 1.165) is 37.7 Å². The van der Waals surface area contributed by atoms with Gasteiger partial charge in [0.15, 0.2) is 0 Å². The zero-order valence-electron chi connectivity index (χ0n) is 18.8. The van der Waals surface area contributed by atoms with E-state index in [-0.39, 0.29) is 23.8 Å². The van der Waals surface area contributed by atoms with Gasteiger partial charge in [0, 0.05) is 36.6 Å². The van der Waals surface area contributed by atoms with Gasteiger partial charge in [0.1, 0.15) is 5.82 Å². The minimum Gasteiger partial charge on any atom is -0.378 e. The van der Waals surface area contributed by atoms with Crippen LogP contribution in [0.15, 0.2) is 42.6 Å². The number of likely N-dealkylation sites (tertiary alicyclic amines) is 1. The first-order chi connectivity index (χ1) is 16.0. The van der Waals surface area contributed by atoms with Crippen molar-refractivity contribution >= 4 is 40.6 Å². The number of nitrogens with one attached hydrogen (secondary N) is 2. The second kappa shape index (κ2) is 11.0. The molecule has 0 saturated carbocycles. The highest BCUT2D eigenvalue weighted by Gasteiger charge is 2.30. The van der Waals surface area contributed by atoms with E-state index in [1.807, 2.05) is 31.2 Å². The van der Waals surface area contributed by atoms with E-state index in [2.05, 4.69) is 25.4 Å². The summed E-state index contributed by atoms with van der Waals surface area (Å²) in [6.45, 7) is 6.54. The highest BCUT2D eigenvalue weighted by atomic mass is 35.5. The van der Waals surface area contributed by atoms with Crippen molar-refractivity contribution in [3.8, 4) is 0 Å². The molecule has 1 unspecified atom stereocenters. The van der Waals surface area contributed by atoms with Gasteiger partial charge in [-0.3, -0.25) is 14.5 Å². The first-order valence-corrected chi connectivity index (χ1v) is 11.8. The minimum absolute atomic E-state index is 0.0395. The van der Waals surface area contributed by atoms with Crippen LogP contribution < -0.4 is 15.5 Å². The summed E-state index contributed by atoms with van der Waals surface area (Å²) in [5.74, 6) is 0.324. The van der Waals surface area contributed by atoms with Crippen molar-refractivity contribution in [1.82, 2.24) is 9.88 Å². The Morgan fingerprint density at radius 2 is 1.73 bits per heavy atom. The third kappa shape index (κ3) is 6.22. The number of anilines is 3. The van der Waals surface area contributed by atoms with Crippen LogP contribution in [0.4, 0.5) is 17.2 Å². The van der Waals surface area contributed by atoms with Gasteiger partial charge < -0.3 is 20.3 Å². The van der Waals surface area contributed by atoms with Gasteiger partial charge in [-0.25, -0.2) is 4.98 Å². The van der Waals surface area contributed by atoms with Crippen LogP contribution in [-0.4, -0.2) is 67.1 Å². The lowest BCUT2D eigenvalue weighted by Crippen LogP contribution is -2.47. The summed E-state index contributed by atoms with van der Waals surface area (Å²) < 4.78 is 5.40. The Labute approximate surface area is 199 Å². The highest BCUT2D eigenvalue weighted by Crippen LogP contribution is 2.23. The molecule has 2 fully saturated rings. The fourth-order valence-electron chi connectivity index (χ4n) is 4.22. The summed E-state index contributed by atoms with van der Waals surface area (Å²) in [5, 5.41) is 6.40. The maximum Gasteiger partial charge on any atom is 0.241 e. The quantitative estimate of drug-likeness (QED) is 0.672. The molecule has 0 spiro atoms. The molecule has 0 bridgehead atoms. The van der Waals surface area contributed by atoms with Gasteiger partial charge in [-0.05, 0) is 69.3 Å². The van der Waals surface area contributed by atoms with Gasteiger partial charge in [0.2, 0.25) is 11.8 Å². The lowest BCUT2D eigenvalue weighted by Gasteiger charge is -2.34. The normalized spacial score (nSPS) is 18.5. The lowest BCUT2D eigenvalue weighted by atomic mass is 9.95. The van der Waals surface area contributed by atoms with Gasteiger partial charge >= 0.3 is 0 Å². The number of nitrogens with zero attached hydrogens (tertiary/aromatic N) is 3. The van der Waals surface area contributed by atoms with E-state index in [0.29, 0.717) is 36.8 Å². The maximum atomic E-state index is 12.8. The molecule has 2 saturated heterocycles. The Morgan fingerprint density at radius 1 is 1.03 bits per heavy atom. The number of pyridine rings is 1. The van der Waals surface area contributed by atoms with Crippen molar-refractivity contribution in [2.75, 3.05) is 54.9 Å². The molecule has 1 atom stereocenters. The number of rotatable bonds is 6. The van der Waals surface area contributed by atoms with Crippen LogP contribution >= 0.6 is 11.6 Å².